The average molecular weight is 255 g/mol. The molecule has 3 nitrogen and oxygen atoms in total. The summed E-state index contributed by atoms with van der Waals surface area (Å²) in [6.07, 6.45) is 1.08. The third-order valence-electron chi connectivity index (χ3n) is 3.30. The van der Waals surface area contributed by atoms with E-state index in [-0.39, 0.29) is 0 Å². The molecule has 0 aromatic heterocycles. The molecule has 1 aliphatic rings. The number of hydrogen-bond acceptors (Lipinski definition) is 3. The molecule has 1 heterocycles. The van der Waals surface area contributed by atoms with Gasteiger partial charge in [0.1, 0.15) is 0 Å². The maximum Gasteiger partial charge on any atom is 0.231 e. The zero-order valence-corrected chi connectivity index (χ0v) is 11.0. The topological polar surface area (TPSA) is 30.5 Å². The van der Waals surface area contributed by atoms with Crippen LogP contribution in [0.4, 0.5) is 5.69 Å². The van der Waals surface area contributed by atoms with E-state index in [9.17, 15) is 0 Å². The van der Waals surface area contributed by atoms with Crippen LogP contribution >= 0.6 is 0 Å². The Balaban J connectivity index is 1.65. The van der Waals surface area contributed by atoms with E-state index in [0.717, 1.165) is 30.2 Å². The van der Waals surface area contributed by atoms with Crippen molar-refractivity contribution in [2.75, 3.05) is 12.1 Å². The summed E-state index contributed by atoms with van der Waals surface area (Å²) >= 11 is 0. The summed E-state index contributed by atoms with van der Waals surface area (Å²) in [7, 11) is 0. The number of ether oxygens (including phenoxy) is 2. The molecule has 0 amide bonds. The zero-order valence-electron chi connectivity index (χ0n) is 11.0. The molecule has 0 saturated heterocycles. The van der Waals surface area contributed by atoms with Gasteiger partial charge < -0.3 is 14.8 Å². The van der Waals surface area contributed by atoms with Gasteiger partial charge in [0, 0.05) is 18.3 Å². The normalized spacial score (nSPS) is 12.5. The summed E-state index contributed by atoms with van der Waals surface area (Å²) < 4.78 is 10.7. The van der Waals surface area contributed by atoms with E-state index in [1.54, 1.807) is 0 Å². The SMILES string of the molecule is CCc1ccc(CNc2ccc3c(c2)OCO3)cc1. The highest BCUT2D eigenvalue weighted by Gasteiger charge is 2.12. The lowest BCUT2D eigenvalue weighted by Gasteiger charge is -2.08. The Labute approximate surface area is 113 Å². The molecule has 0 radical (unpaired) electrons. The fourth-order valence-corrected chi connectivity index (χ4v) is 2.10. The first-order valence-corrected chi connectivity index (χ1v) is 6.56. The van der Waals surface area contributed by atoms with Crippen molar-refractivity contribution in [2.45, 2.75) is 19.9 Å². The first-order valence-electron chi connectivity index (χ1n) is 6.56. The molecule has 3 rings (SSSR count). The molecular formula is C16H17NO2. The van der Waals surface area contributed by atoms with Gasteiger partial charge in [0.15, 0.2) is 11.5 Å². The minimum Gasteiger partial charge on any atom is -0.454 e. The minimum atomic E-state index is 0.317. The van der Waals surface area contributed by atoms with Gasteiger partial charge in [-0.25, -0.2) is 0 Å². The highest BCUT2D eigenvalue weighted by molar-refractivity contribution is 5.55. The van der Waals surface area contributed by atoms with E-state index in [2.05, 4.69) is 36.5 Å². The third-order valence-corrected chi connectivity index (χ3v) is 3.30. The fraction of sp³-hybridized carbons (Fsp3) is 0.250. The Hall–Kier alpha value is -2.16. The van der Waals surface area contributed by atoms with Crippen LogP contribution < -0.4 is 14.8 Å². The average Bonchev–Trinajstić information content (AvgIpc) is 2.93. The van der Waals surface area contributed by atoms with Crippen LogP contribution in [0.25, 0.3) is 0 Å². The second kappa shape index (κ2) is 5.22. The number of aryl methyl sites for hydroxylation is 1. The van der Waals surface area contributed by atoms with Gasteiger partial charge in [-0.2, -0.15) is 0 Å². The molecule has 2 aromatic rings. The fourth-order valence-electron chi connectivity index (χ4n) is 2.10. The van der Waals surface area contributed by atoms with E-state index >= 15 is 0 Å². The lowest BCUT2D eigenvalue weighted by atomic mass is 10.1. The molecular weight excluding hydrogens is 238 g/mol. The lowest BCUT2D eigenvalue weighted by molar-refractivity contribution is 0.174. The summed E-state index contributed by atoms with van der Waals surface area (Å²) in [6.45, 7) is 3.29. The van der Waals surface area contributed by atoms with E-state index in [1.807, 2.05) is 18.2 Å². The van der Waals surface area contributed by atoms with E-state index in [1.165, 1.54) is 11.1 Å². The summed E-state index contributed by atoms with van der Waals surface area (Å²) in [5.74, 6) is 1.63. The van der Waals surface area contributed by atoms with Crippen LogP contribution in [-0.2, 0) is 13.0 Å². The Morgan fingerprint density at radius 1 is 0.947 bits per heavy atom. The molecule has 19 heavy (non-hydrogen) atoms. The molecule has 0 saturated carbocycles. The standard InChI is InChI=1S/C16H17NO2/c1-2-12-3-5-13(6-4-12)10-17-14-7-8-15-16(9-14)19-11-18-15/h3-9,17H,2,10-11H2,1H3. The van der Waals surface area contributed by atoms with Crippen molar-refractivity contribution in [2.24, 2.45) is 0 Å². The molecule has 98 valence electrons. The number of hydrogen-bond donors (Lipinski definition) is 1. The van der Waals surface area contributed by atoms with Crippen molar-refractivity contribution in [1.29, 1.82) is 0 Å². The Bertz CT molecular complexity index is 563. The van der Waals surface area contributed by atoms with Gasteiger partial charge in [0.25, 0.3) is 0 Å². The van der Waals surface area contributed by atoms with Crippen LogP contribution in [0.3, 0.4) is 0 Å². The van der Waals surface area contributed by atoms with Gasteiger partial charge in [-0.05, 0) is 29.7 Å². The van der Waals surface area contributed by atoms with Crippen LogP contribution in [0.2, 0.25) is 0 Å². The number of anilines is 1. The van der Waals surface area contributed by atoms with Crippen molar-refractivity contribution in [1.82, 2.24) is 0 Å². The summed E-state index contributed by atoms with van der Waals surface area (Å²) in [4.78, 5) is 0. The third kappa shape index (κ3) is 2.65. The number of fused-ring (bicyclic) bond motifs is 1. The van der Waals surface area contributed by atoms with E-state index < -0.39 is 0 Å². The molecule has 2 aromatic carbocycles. The molecule has 0 bridgehead atoms. The maximum atomic E-state index is 5.36. The largest absolute Gasteiger partial charge is 0.454 e. The van der Waals surface area contributed by atoms with Crippen LogP contribution in [0.5, 0.6) is 11.5 Å². The Morgan fingerprint density at radius 3 is 2.47 bits per heavy atom. The zero-order chi connectivity index (χ0) is 13.1. The summed E-state index contributed by atoms with van der Waals surface area (Å²) in [6, 6.07) is 14.6. The minimum absolute atomic E-state index is 0.317. The van der Waals surface area contributed by atoms with Crippen molar-refractivity contribution in [3.8, 4) is 11.5 Å². The summed E-state index contributed by atoms with van der Waals surface area (Å²) in [5.41, 5.74) is 3.69. The number of rotatable bonds is 4. The monoisotopic (exact) mass is 255 g/mol. The smallest absolute Gasteiger partial charge is 0.231 e. The van der Waals surface area contributed by atoms with Crippen molar-refractivity contribution < 1.29 is 9.47 Å². The second-order valence-corrected chi connectivity index (χ2v) is 4.59. The van der Waals surface area contributed by atoms with Crippen molar-refractivity contribution in [3.63, 3.8) is 0 Å². The van der Waals surface area contributed by atoms with Crippen LogP contribution in [0.15, 0.2) is 42.5 Å². The molecule has 0 unspecified atom stereocenters. The second-order valence-electron chi connectivity index (χ2n) is 4.59. The molecule has 0 aliphatic carbocycles. The molecule has 0 spiro atoms. The number of nitrogens with one attached hydrogen (secondary N) is 1. The Kier molecular flexibility index (Phi) is 3.27. The van der Waals surface area contributed by atoms with Crippen molar-refractivity contribution in [3.05, 3.63) is 53.6 Å². The highest BCUT2D eigenvalue weighted by Crippen LogP contribution is 2.34. The first kappa shape index (κ1) is 11.9. The molecule has 1 N–H and O–H groups in total. The van der Waals surface area contributed by atoms with Crippen LogP contribution in [0, 0.1) is 0 Å². The quantitative estimate of drug-likeness (QED) is 0.905. The van der Waals surface area contributed by atoms with Gasteiger partial charge in [-0.3, -0.25) is 0 Å². The van der Waals surface area contributed by atoms with Crippen molar-refractivity contribution >= 4 is 5.69 Å². The highest BCUT2D eigenvalue weighted by atomic mass is 16.7. The molecule has 0 fully saturated rings. The Morgan fingerprint density at radius 2 is 1.68 bits per heavy atom. The van der Waals surface area contributed by atoms with E-state index in [0.29, 0.717) is 6.79 Å². The predicted octanol–water partition coefficient (Wildman–Crippen LogP) is 3.59. The van der Waals surface area contributed by atoms with Gasteiger partial charge in [0.05, 0.1) is 0 Å². The van der Waals surface area contributed by atoms with Gasteiger partial charge in [-0.1, -0.05) is 31.2 Å². The molecule has 3 heteroatoms. The van der Waals surface area contributed by atoms with E-state index in [4.69, 9.17) is 9.47 Å². The summed E-state index contributed by atoms with van der Waals surface area (Å²) in [5, 5.41) is 3.39. The van der Waals surface area contributed by atoms with Gasteiger partial charge >= 0.3 is 0 Å². The molecule has 1 aliphatic heterocycles. The molecule has 0 atom stereocenters. The number of benzene rings is 2. The maximum absolute atomic E-state index is 5.36. The first-order chi connectivity index (χ1) is 9.35. The van der Waals surface area contributed by atoms with Crippen LogP contribution in [0.1, 0.15) is 18.1 Å². The lowest BCUT2D eigenvalue weighted by Crippen LogP contribution is -1.99. The van der Waals surface area contributed by atoms with Gasteiger partial charge in [-0.15, -0.1) is 0 Å². The predicted molar refractivity (Wildman–Crippen MR) is 75.7 cm³/mol. The van der Waals surface area contributed by atoms with Crippen LogP contribution in [-0.4, -0.2) is 6.79 Å². The van der Waals surface area contributed by atoms with Gasteiger partial charge in [0.2, 0.25) is 6.79 Å².